The topological polar surface area (TPSA) is 43.1 Å². The second kappa shape index (κ2) is 5.89. The summed E-state index contributed by atoms with van der Waals surface area (Å²) in [6, 6.07) is 7.22. The second-order valence-corrected chi connectivity index (χ2v) is 4.24. The Morgan fingerprint density at radius 3 is 2.87 bits per heavy atom. The highest BCUT2D eigenvalue weighted by atomic mass is 35.5. The lowest BCUT2D eigenvalue weighted by molar-refractivity contribution is 0.0979. The van der Waals surface area contributed by atoms with Crippen LogP contribution in [-0.2, 0) is 0 Å². The third kappa shape index (κ3) is 4.45. The zero-order valence-corrected chi connectivity index (χ0v) is 9.63. The number of ketones is 1. The molecular formula is C12H16ClNO. The lowest BCUT2D eigenvalue weighted by Gasteiger charge is -2.04. The van der Waals surface area contributed by atoms with Crippen LogP contribution in [0, 0.1) is 0 Å². The summed E-state index contributed by atoms with van der Waals surface area (Å²) in [6.07, 6.45) is 2.26. The van der Waals surface area contributed by atoms with Gasteiger partial charge in [0.2, 0.25) is 0 Å². The molecule has 0 fully saturated rings. The molecule has 0 saturated heterocycles. The Bertz CT molecular complexity index is 336. The van der Waals surface area contributed by atoms with Crippen molar-refractivity contribution in [3.05, 3.63) is 34.9 Å². The van der Waals surface area contributed by atoms with E-state index in [1.165, 1.54) is 0 Å². The highest BCUT2D eigenvalue weighted by molar-refractivity contribution is 6.31. The van der Waals surface area contributed by atoms with Crippen molar-refractivity contribution in [2.24, 2.45) is 5.73 Å². The van der Waals surface area contributed by atoms with E-state index < -0.39 is 0 Å². The van der Waals surface area contributed by atoms with Gasteiger partial charge in [-0.25, -0.2) is 0 Å². The van der Waals surface area contributed by atoms with Gasteiger partial charge in [-0.2, -0.15) is 0 Å². The van der Waals surface area contributed by atoms with Gasteiger partial charge in [-0.15, -0.1) is 0 Å². The van der Waals surface area contributed by atoms with Crippen molar-refractivity contribution in [2.75, 3.05) is 0 Å². The molecule has 0 amide bonds. The molecule has 0 aliphatic heterocycles. The predicted octanol–water partition coefficient (Wildman–Crippen LogP) is 3.04. The van der Waals surface area contributed by atoms with E-state index in [2.05, 4.69) is 0 Å². The largest absolute Gasteiger partial charge is 0.328 e. The summed E-state index contributed by atoms with van der Waals surface area (Å²) in [6.45, 7) is 1.95. The summed E-state index contributed by atoms with van der Waals surface area (Å²) >= 11 is 5.80. The first kappa shape index (κ1) is 12.2. The minimum Gasteiger partial charge on any atom is -0.328 e. The van der Waals surface area contributed by atoms with Crippen molar-refractivity contribution >= 4 is 17.4 Å². The van der Waals surface area contributed by atoms with Gasteiger partial charge in [0.15, 0.2) is 5.78 Å². The van der Waals surface area contributed by atoms with Crippen molar-refractivity contribution in [3.8, 4) is 0 Å². The monoisotopic (exact) mass is 225 g/mol. The average molecular weight is 226 g/mol. The fourth-order valence-electron chi connectivity index (χ4n) is 1.39. The normalized spacial score (nSPS) is 12.5. The van der Waals surface area contributed by atoms with Crippen LogP contribution < -0.4 is 5.73 Å². The molecule has 3 heteroatoms. The van der Waals surface area contributed by atoms with Crippen LogP contribution in [0.2, 0.25) is 5.02 Å². The second-order valence-electron chi connectivity index (χ2n) is 3.80. The van der Waals surface area contributed by atoms with Crippen molar-refractivity contribution < 1.29 is 4.79 Å². The van der Waals surface area contributed by atoms with Crippen LogP contribution in [0.5, 0.6) is 0 Å². The first-order chi connectivity index (χ1) is 7.09. The van der Waals surface area contributed by atoms with Crippen LogP contribution in [0.1, 0.15) is 36.5 Å². The summed E-state index contributed by atoms with van der Waals surface area (Å²) in [5.41, 5.74) is 6.30. The Morgan fingerprint density at radius 2 is 2.27 bits per heavy atom. The highest BCUT2D eigenvalue weighted by Crippen LogP contribution is 2.13. The summed E-state index contributed by atoms with van der Waals surface area (Å²) in [5.74, 6) is 0.137. The molecule has 82 valence electrons. The van der Waals surface area contributed by atoms with E-state index in [0.717, 1.165) is 12.8 Å². The van der Waals surface area contributed by atoms with Crippen LogP contribution >= 0.6 is 11.6 Å². The number of nitrogens with two attached hydrogens (primary N) is 1. The number of benzene rings is 1. The molecule has 0 saturated carbocycles. The minimum absolute atomic E-state index is 0.137. The Balaban J connectivity index is 2.47. The number of hydrogen-bond acceptors (Lipinski definition) is 2. The van der Waals surface area contributed by atoms with Crippen molar-refractivity contribution in [2.45, 2.75) is 32.2 Å². The summed E-state index contributed by atoms with van der Waals surface area (Å²) < 4.78 is 0. The van der Waals surface area contributed by atoms with Crippen molar-refractivity contribution in [1.29, 1.82) is 0 Å². The van der Waals surface area contributed by atoms with Crippen molar-refractivity contribution in [3.63, 3.8) is 0 Å². The van der Waals surface area contributed by atoms with Gasteiger partial charge < -0.3 is 5.73 Å². The van der Waals surface area contributed by atoms with Gasteiger partial charge in [0.1, 0.15) is 0 Å². The van der Waals surface area contributed by atoms with Crippen LogP contribution in [0.15, 0.2) is 24.3 Å². The molecule has 2 N–H and O–H groups in total. The van der Waals surface area contributed by atoms with Crippen LogP contribution in [0.3, 0.4) is 0 Å². The highest BCUT2D eigenvalue weighted by Gasteiger charge is 2.06. The first-order valence-electron chi connectivity index (χ1n) is 5.14. The van der Waals surface area contributed by atoms with Gasteiger partial charge in [0, 0.05) is 23.0 Å². The van der Waals surface area contributed by atoms with E-state index in [4.69, 9.17) is 17.3 Å². The number of carbonyl (C=O) groups excluding carboxylic acids is 1. The number of rotatable bonds is 5. The van der Waals surface area contributed by atoms with E-state index in [9.17, 15) is 4.79 Å². The number of halogens is 1. The molecule has 0 radical (unpaired) electrons. The van der Waals surface area contributed by atoms with E-state index in [1.54, 1.807) is 24.3 Å². The van der Waals surface area contributed by atoms with Crippen LogP contribution in [0.25, 0.3) is 0 Å². The average Bonchev–Trinajstić information content (AvgIpc) is 2.17. The smallest absolute Gasteiger partial charge is 0.162 e. The van der Waals surface area contributed by atoms with Gasteiger partial charge in [-0.3, -0.25) is 4.79 Å². The van der Waals surface area contributed by atoms with Gasteiger partial charge >= 0.3 is 0 Å². The van der Waals surface area contributed by atoms with Crippen LogP contribution in [0.4, 0.5) is 0 Å². The minimum atomic E-state index is 0.137. The fourth-order valence-corrected chi connectivity index (χ4v) is 1.58. The molecule has 1 aromatic carbocycles. The summed E-state index contributed by atoms with van der Waals surface area (Å²) in [4.78, 5) is 11.7. The third-order valence-electron chi connectivity index (χ3n) is 2.21. The molecular weight excluding hydrogens is 210 g/mol. The summed E-state index contributed by atoms with van der Waals surface area (Å²) in [5, 5.41) is 0.605. The van der Waals surface area contributed by atoms with Gasteiger partial charge in [0.25, 0.3) is 0 Å². The standard InChI is InChI=1S/C12H16ClNO/c1-9(14)4-2-7-12(15)10-5-3-6-11(13)8-10/h3,5-6,8-9H,2,4,7,14H2,1H3. The van der Waals surface area contributed by atoms with E-state index in [0.29, 0.717) is 17.0 Å². The maximum atomic E-state index is 11.7. The molecule has 1 aromatic rings. The third-order valence-corrected chi connectivity index (χ3v) is 2.44. The molecule has 0 aromatic heterocycles. The lowest BCUT2D eigenvalue weighted by atomic mass is 10.0. The maximum Gasteiger partial charge on any atom is 0.162 e. The zero-order chi connectivity index (χ0) is 11.3. The molecule has 15 heavy (non-hydrogen) atoms. The van der Waals surface area contributed by atoms with Gasteiger partial charge in [-0.1, -0.05) is 23.7 Å². The summed E-state index contributed by atoms with van der Waals surface area (Å²) in [7, 11) is 0. The number of Topliss-reactive ketones (excluding diaryl/α,β-unsaturated/α-hetero) is 1. The number of hydrogen-bond donors (Lipinski definition) is 1. The molecule has 0 bridgehead atoms. The lowest BCUT2D eigenvalue weighted by Crippen LogP contribution is -2.14. The molecule has 2 nitrogen and oxygen atoms in total. The van der Waals surface area contributed by atoms with Gasteiger partial charge in [0.05, 0.1) is 0 Å². The molecule has 0 spiro atoms. The van der Waals surface area contributed by atoms with E-state index in [1.807, 2.05) is 6.92 Å². The Labute approximate surface area is 95.4 Å². The maximum absolute atomic E-state index is 11.7. The molecule has 1 unspecified atom stereocenters. The molecule has 1 rings (SSSR count). The molecule has 1 atom stereocenters. The van der Waals surface area contributed by atoms with Crippen LogP contribution in [-0.4, -0.2) is 11.8 Å². The molecule has 0 heterocycles. The quantitative estimate of drug-likeness (QED) is 0.783. The van der Waals surface area contributed by atoms with Crippen molar-refractivity contribution in [1.82, 2.24) is 0 Å². The van der Waals surface area contributed by atoms with E-state index >= 15 is 0 Å². The predicted molar refractivity (Wildman–Crippen MR) is 63.3 cm³/mol. The first-order valence-corrected chi connectivity index (χ1v) is 5.51. The van der Waals surface area contributed by atoms with Gasteiger partial charge in [-0.05, 0) is 31.9 Å². The fraction of sp³-hybridized carbons (Fsp3) is 0.417. The zero-order valence-electron chi connectivity index (χ0n) is 8.87. The molecule has 0 aliphatic carbocycles. The Hall–Kier alpha value is -0.860. The number of carbonyl (C=O) groups is 1. The van der Waals surface area contributed by atoms with E-state index in [-0.39, 0.29) is 11.8 Å². The Morgan fingerprint density at radius 1 is 1.53 bits per heavy atom. The molecule has 0 aliphatic rings. The SMILES string of the molecule is CC(N)CCCC(=O)c1cccc(Cl)c1. The Kier molecular flexibility index (Phi) is 4.79.